The Balaban J connectivity index is 1.81. The Labute approximate surface area is 82.5 Å². The lowest BCUT2D eigenvalue weighted by Crippen LogP contribution is -2.02. The average molecular weight is 197 g/mol. The number of rotatable bonds is 4. The third kappa shape index (κ3) is 2.12. The number of nitrogens with one attached hydrogen (secondary N) is 1. The predicted octanol–water partition coefficient (Wildman–Crippen LogP) is 2.33. The van der Waals surface area contributed by atoms with E-state index in [2.05, 4.69) is 16.6 Å². The molecule has 4 heteroatoms. The molecule has 2 rings (SSSR count). The number of nitrogens with two attached hydrogens (primary N) is 1. The Morgan fingerprint density at radius 3 is 3.23 bits per heavy atom. The minimum atomic E-state index is 0.625. The molecule has 3 N–H and O–H groups in total. The number of nitrogen functional groups attached to an aromatic ring is 1. The molecule has 1 fully saturated rings. The maximum atomic E-state index is 5.53. The lowest BCUT2D eigenvalue weighted by atomic mass is 10.2. The summed E-state index contributed by atoms with van der Waals surface area (Å²) < 4.78 is 4.03. The summed E-state index contributed by atoms with van der Waals surface area (Å²) in [5.74, 6) is 1.51. The van der Waals surface area contributed by atoms with Crippen LogP contribution in [0.5, 0.6) is 0 Å². The van der Waals surface area contributed by atoms with Gasteiger partial charge in [0, 0.05) is 12.1 Å². The van der Waals surface area contributed by atoms with Gasteiger partial charge >= 0.3 is 0 Å². The third-order valence-corrected chi connectivity index (χ3v) is 3.17. The molecular weight excluding hydrogens is 182 g/mol. The summed E-state index contributed by atoms with van der Waals surface area (Å²) in [7, 11) is 0. The second-order valence-corrected chi connectivity index (χ2v) is 4.46. The molecule has 0 saturated heterocycles. The van der Waals surface area contributed by atoms with Crippen molar-refractivity contribution in [3.63, 3.8) is 0 Å². The summed E-state index contributed by atoms with van der Waals surface area (Å²) in [6, 6.07) is 2.59. The Morgan fingerprint density at radius 2 is 2.62 bits per heavy atom. The second kappa shape index (κ2) is 3.54. The fourth-order valence-electron chi connectivity index (χ4n) is 1.65. The molecule has 0 bridgehead atoms. The van der Waals surface area contributed by atoms with Crippen LogP contribution in [0.1, 0.15) is 26.2 Å². The Kier molecular flexibility index (Phi) is 2.40. The minimum Gasteiger partial charge on any atom is -0.383 e. The first-order valence-corrected chi connectivity index (χ1v) is 5.55. The fraction of sp³-hybridized carbons (Fsp3) is 0.667. The largest absolute Gasteiger partial charge is 0.383 e. The molecule has 0 aliphatic heterocycles. The van der Waals surface area contributed by atoms with Crippen LogP contribution in [-0.4, -0.2) is 10.4 Å². The highest BCUT2D eigenvalue weighted by Gasteiger charge is 2.36. The van der Waals surface area contributed by atoms with Crippen LogP contribution in [0, 0.1) is 5.92 Å². The van der Waals surface area contributed by atoms with Gasteiger partial charge in [0.25, 0.3) is 0 Å². The van der Waals surface area contributed by atoms with Crippen molar-refractivity contribution >= 4 is 22.4 Å². The topological polar surface area (TPSA) is 50.9 Å². The molecule has 0 radical (unpaired) electrons. The molecule has 1 aromatic heterocycles. The molecular formula is C9H15N3S. The number of nitrogens with zero attached hydrogens (tertiary/aromatic N) is 1. The molecule has 0 aromatic carbocycles. The van der Waals surface area contributed by atoms with Gasteiger partial charge in [-0.3, -0.25) is 0 Å². The van der Waals surface area contributed by atoms with E-state index in [1.54, 1.807) is 0 Å². The molecule has 2 atom stereocenters. The summed E-state index contributed by atoms with van der Waals surface area (Å²) >= 11 is 1.45. The molecule has 0 amide bonds. The zero-order chi connectivity index (χ0) is 9.26. The smallest absolute Gasteiger partial charge is 0.139 e. The van der Waals surface area contributed by atoms with Gasteiger partial charge in [0.15, 0.2) is 0 Å². The van der Waals surface area contributed by atoms with E-state index in [1.165, 1.54) is 30.8 Å². The first-order valence-electron chi connectivity index (χ1n) is 4.78. The van der Waals surface area contributed by atoms with Crippen molar-refractivity contribution in [1.29, 1.82) is 0 Å². The number of hydrogen-bond donors (Lipinski definition) is 2. The molecule has 1 heterocycles. The molecule has 1 aromatic rings. The van der Waals surface area contributed by atoms with Crippen molar-refractivity contribution < 1.29 is 0 Å². The lowest BCUT2D eigenvalue weighted by Gasteiger charge is -1.99. The van der Waals surface area contributed by atoms with Crippen LogP contribution >= 0.6 is 11.5 Å². The molecule has 13 heavy (non-hydrogen) atoms. The number of anilines is 2. The van der Waals surface area contributed by atoms with Crippen molar-refractivity contribution in [2.75, 3.05) is 11.1 Å². The number of aromatic nitrogens is 1. The highest BCUT2D eigenvalue weighted by Crippen LogP contribution is 2.38. The average Bonchev–Trinajstić information content (AvgIpc) is 2.66. The zero-order valence-corrected chi connectivity index (χ0v) is 8.60. The number of hydrogen-bond acceptors (Lipinski definition) is 4. The van der Waals surface area contributed by atoms with Gasteiger partial charge in [-0.25, -0.2) is 0 Å². The Morgan fingerprint density at radius 1 is 1.77 bits per heavy atom. The van der Waals surface area contributed by atoms with Gasteiger partial charge in [0.1, 0.15) is 10.8 Å². The Hall–Kier alpha value is -0.770. The molecule has 3 nitrogen and oxygen atoms in total. The third-order valence-electron chi connectivity index (χ3n) is 2.44. The summed E-state index contributed by atoms with van der Waals surface area (Å²) in [6.07, 6.45) is 3.94. The summed E-state index contributed by atoms with van der Waals surface area (Å²) in [4.78, 5) is 0. The van der Waals surface area contributed by atoms with Crippen LogP contribution in [0.3, 0.4) is 0 Å². The van der Waals surface area contributed by atoms with E-state index >= 15 is 0 Å². The van der Waals surface area contributed by atoms with Crippen LogP contribution < -0.4 is 11.1 Å². The van der Waals surface area contributed by atoms with Gasteiger partial charge in [-0.1, -0.05) is 13.3 Å². The molecule has 1 aliphatic carbocycles. The highest BCUT2D eigenvalue weighted by atomic mass is 32.1. The lowest BCUT2D eigenvalue weighted by molar-refractivity contribution is 0.693. The summed E-state index contributed by atoms with van der Waals surface area (Å²) in [5.41, 5.74) is 5.53. The minimum absolute atomic E-state index is 0.625. The van der Waals surface area contributed by atoms with Crippen LogP contribution in [0.25, 0.3) is 0 Å². The maximum Gasteiger partial charge on any atom is 0.139 e. The van der Waals surface area contributed by atoms with E-state index in [9.17, 15) is 0 Å². The van der Waals surface area contributed by atoms with Gasteiger partial charge in [0.05, 0.1) is 0 Å². The molecule has 1 aliphatic rings. The molecule has 0 spiro atoms. The quantitative estimate of drug-likeness (QED) is 0.779. The molecule has 72 valence electrons. The molecule has 2 unspecified atom stereocenters. The van der Waals surface area contributed by atoms with Crippen molar-refractivity contribution in [1.82, 2.24) is 4.37 Å². The first-order chi connectivity index (χ1) is 6.29. The van der Waals surface area contributed by atoms with Crippen molar-refractivity contribution in [3.8, 4) is 0 Å². The van der Waals surface area contributed by atoms with E-state index in [1.807, 2.05) is 6.07 Å². The Bertz CT molecular complexity index is 284. The van der Waals surface area contributed by atoms with Gasteiger partial charge in [-0.15, -0.1) is 0 Å². The van der Waals surface area contributed by atoms with Crippen LogP contribution in [-0.2, 0) is 0 Å². The van der Waals surface area contributed by atoms with Crippen LogP contribution in [0.15, 0.2) is 6.07 Å². The van der Waals surface area contributed by atoms with E-state index in [0.717, 1.165) is 10.9 Å². The van der Waals surface area contributed by atoms with E-state index in [-0.39, 0.29) is 0 Å². The summed E-state index contributed by atoms with van der Waals surface area (Å²) in [6.45, 7) is 2.24. The van der Waals surface area contributed by atoms with Crippen molar-refractivity contribution in [2.24, 2.45) is 5.92 Å². The van der Waals surface area contributed by atoms with Gasteiger partial charge < -0.3 is 11.1 Å². The van der Waals surface area contributed by atoms with Crippen molar-refractivity contribution in [3.05, 3.63) is 6.07 Å². The van der Waals surface area contributed by atoms with E-state index in [0.29, 0.717) is 11.9 Å². The van der Waals surface area contributed by atoms with Crippen molar-refractivity contribution in [2.45, 2.75) is 32.2 Å². The fourth-order valence-corrected chi connectivity index (χ4v) is 2.29. The summed E-state index contributed by atoms with van der Waals surface area (Å²) in [5, 5.41) is 4.56. The normalized spacial score (nSPS) is 25.9. The van der Waals surface area contributed by atoms with E-state index in [4.69, 9.17) is 5.73 Å². The predicted molar refractivity (Wildman–Crippen MR) is 57.0 cm³/mol. The maximum absolute atomic E-state index is 5.53. The highest BCUT2D eigenvalue weighted by molar-refractivity contribution is 7.10. The SMILES string of the molecule is CCCC1CC1Nc1cc(N)ns1. The van der Waals surface area contributed by atoms with Gasteiger partial charge in [0.2, 0.25) is 0 Å². The van der Waals surface area contributed by atoms with Gasteiger partial charge in [-0.05, 0) is 30.3 Å². The molecule has 1 saturated carbocycles. The second-order valence-electron chi connectivity index (χ2n) is 3.65. The zero-order valence-electron chi connectivity index (χ0n) is 7.79. The first kappa shape index (κ1) is 8.81. The van der Waals surface area contributed by atoms with Crippen LogP contribution in [0.2, 0.25) is 0 Å². The standard InChI is InChI=1S/C9H15N3S/c1-2-3-6-4-7(6)11-9-5-8(10)12-13-9/h5-7,11H,2-4H2,1H3,(H2,10,12). The van der Waals surface area contributed by atoms with E-state index < -0.39 is 0 Å². The van der Waals surface area contributed by atoms with Crippen LogP contribution in [0.4, 0.5) is 10.8 Å². The van der Waals surface area contributed by atoms with Gasteiger partial charge in [-0.2, -0.15) is 4.37 Å². The monoisotopic (exact) mass is 197 g/mol.